The van der Waals surface area contributed by atoms with Crippen LogP contribution in [0.4, 0.5) is 5.69 Å². The Kier molecular flexibility index (Phi) is 2.87. The highest BCUT2D eigenvalue weighted by molar-refractivity contribution is 7.92. The van der Waals surface area contributed by atoms with Crippen LogP contribution in [0.2, 0.25) is 0 Å². The van der Waals surface area contributed by atoms with Crippen molar-refractivity contribution in [1.29, 1.82) is 0 Å². The van der Waals surface area contributed by atoms with E-state index in [1.54, 1.807) is 30.3 Å². The van der Waals surface area contributed by atoms with Gasteiger partial charge in [0.15, 0.2) is 0 Å². The van der Waals surface area contributed by atoms with E-state index in [1.165, 1.54) is 24.3 Å². The molecule has 0 radical (unpaired) electrons. The van der Waals surface area contributed by atoms with Gasteiger partial charge in [-0.05, 0) is 30.3 Å². The van der Waals surface area contributed by atoms with Gasteiger partial charge in [-0.25, -0.2) is 13.4 Å². The Balaban J connectivity index is 2.02. The van der Waals surface area contributed by atoms with E-state index in [1.807, 2.05) is 0 Å². The third-order valence-corrected chi connectivity index (χ3v) is 4.22. The summed E-state index contributed by atoms with van der Waals surface area (Å²) in [5.41, 5.74) is 0.484. The quantitative estimate of drug-likeness (QED) is 0.889. The van der Waals surface area contributed by atoms with Crippen molar-refractivity contribution >= 4 is 27.7 Å². The second-order valence-corrected chi connectivity index (χ2v) is 5.97. The molecule has 0 aliphatic carbocycles. The molecule has 100 valence electrons. The predicted molar refractivity (Wildman–Crippen MR) is 73.9 cm³/mol. The molecule has 1 heterocycles. The summed E-state index contributed by atoms with van der Waals surface area (Å²) in [6.45, 7) is 0. The van der Waals surface area contributed by atoms with Gasteiger partial charge in [-0.3, -0.25) is 9.52 Å². The Morgan fingerprint density at radius 2 is 1.75 bits per heavy atom. The highest BCUT2D eigenvalue weighted by Crippen LogP contribution is 2.13. The summed E-state index contributed by atoms with van der Waals surface area (Å²) in [5.74, 6) is -0.370. The number of rotatable bonds is 3. The normalized spacial score (nSPS) is 13.3. The lowest BCUT2D eigenvalue weighted by Gasteiger charge is -2.07. The lowest BCUT2D eigenvalue weighted by atomic mass is 10.3. The molecule has 0 bridgehead atoms. The molecule has 1 aliphatic rings. The maximum Gasteiger partial charge on any atom is 0.270 e. The first-order chi connectivity index (χ1) is 9.54. The molecule has 0 atom stereocenters. The number of hydrogen-bond donors (Lipinski definition) is 1. The van der Waals surface area contributed by atoms with Gasteiger partial charge >= 0.3 is 0 Å². The monoisotopic (exact) mass is 286 g/mol. The Morgan fingerprint density at radius 1 is 1.00 bits per heavy atom. The number of carbonyl (C=O) groups excluding carboxylic acids is 1. The van der Waals surface area contributed by atoms with E-state index < -0.39 is 10.0 Å². The van der Waals surface area contributed by atoms with Crippen LogP contribution in [-0.4, -0.2) is 14.3 Å². The number of anilines is 1. The minimum Gasteiger partial charge on any atom is -0.280 e. The Morgan fingerprint density at radius 3 is 2.50 bits per heavy atom. The van der Waals surface area contributed by atoms with Gasteiger partial charge in [0.25, 0.3) is 15.9 Å². The van der Waals surface area contributed by atoms with Gasteiger partial charge in [0, 0.05) is 17.0 Å². The molecule has 0 fully saturated rings. The van der Waals surface area contributed by atoms with Crippen molar-refractivity contribution in [1.82, 2.24) is 0 Å². The summed E-state index contributed by atoms with van der Waals surface area (Å²) in [7, 11) is -3.68. The molecule has 0 aromatic heterocycles. The number of hydrogen-bond acceptors (Lipinski definition) is 3. The Hall–Kier alpha value is -2.47. The molecule has 3 rings (SSSR count). The highest BCUT2D eigenvalue weighted by atomic mass is 32.2. The highest BCUT2D eigenvalue weighted by Gasteiger charge is 2.15. The first-order valence-electron chi connectivity index (χ1n) is 5.87. The van der Waals surface area contributed by atoms with Gasteiger partial charge in [-0.1, -0.05) is 18.2 Å². The van der Waals surface area contributed by atoms with Crippen LogP contribution in [-0.2, 0) is 14.8 Å². The summed E-state index contributed by atoms with van der Waals surface area (Å²) >= 11 is 0. The third-order valence-electron chi connectivity index (χ3n) is 2.84. The number of nitrogens with zero attached hydrogens (tertiary/aromatic N) is 1. The Bertz CT molecular complexity index is 903. The standard InChI is InChI=1S/C14H10N2O3S/c17-14-9-10-8-12(6-7-13(10)15-14)20(18,19)16-11-4-2-1-3-5-11/h1-9,16H. The van der Waals surface area contributed by atoms with E-state index in [2.05, 4.69) is 9.71 Å². The number of amides is 1. The van der Waals surface area contributed by atoms with E-state index in [0.29, 0.717) is 16.3 Å². The van der Waals surface area contributed by atoms with Gasteiger partial charge in [-0.2, -0.15) is 0 Å². The average Bonchev–Trinajstić information content (AvgIpc) is 2.78. The molecule has 5 nitrogen and oxygen atoms in total. The molecule has 0 spiro atoms. The van der Waals surface area contributed by atoms with Crippen molar-refractivity contribution in [2.75, 3.05) is 4.72 Å². The molecule has 0 saturated heterocycles. The van der Waals surface area contributed by atoms with Gasteiger partial charge in [0.2, 0.25) is 0 Å². The number of carbonyl (C=O) groups is 1. The molecule has 6 heteroatoms. The van der Waals surface area contributed by atoms with Crippen molar-refractivity contribution in [3.05, 3.63) is 59.1 Å². The maximum atomic E-state index is 12.2. The van der Waals surface area contributed by atoms with Gasteiger partial charge in [0.05, 0.1) is 10.3 Å². The summed E-state index contributed by atoms with van der Waals surface area (Å²) in [6, 6.07) is 13.0. The topological polar surface area (TPSA) is 75.6 Å². The third kappa shape index (κ3) is 2.33. The van der Waals surface area contributed by atoms with Crippen molar-refractivity contribution < 1.29 is 13.2 Å². The molecule has 0 unspecified atom stereocenters. The van der Waals surface area contributed by atoms with Crippen LogP contribution in [0.3, 0.4) is 0 Å². The smallest absolute Gasteiger partial charge is 0.270 e. The van der Waals surface area contributed by atoms with Crippen molar-refractivity contribution in [3.8, 4) is 0 Å². The first kappa shape index (κ1) is 12.6. The molecule has 2 aromatic carbocycles. The second kappa shape index (κ2) is 4.57. The second-order valence-electron chi connectivity index (χ2n) is 4.29. The van der Waals surface area contributed by atoms with E-state index in [9.17, 15) is 13.2 Å². The minimum atomic E-state index is -3.68. The fourth-order valence-corrected chi connectivity index (χ4v) is 3.02. The molecule has 20 heavy (non-hydrogen) atoms. The lowest BCUT2D eigenvalue weighted by molar-refractivity contribution is -0.112. The molecule has 2 aromatic rings. The zero-order valence-electron chi connectivity index (χ0n) is 10.3. The van der Waals surface area contributed by atoms with Gasteiger partial charge in [-0.15, -0.1) is 0 Å². The van der Waals surface area contributed by atoms with Gasteiger partial charge < -0.3 is 0 Å². The lowest BCUT2D eigenvalue weighted by Crippen LogP contribution is -2.24. The molecule has 1 N–H and O–H groups in total. The van der Waals surface area contributed by atoms with Crippen molar-refractivity contribution in [2.24, 2.45) is 4.99 Å². The number of sulfonamides is 1. The predicted octanol–water partition coefficient (Wildman–Crippen LogP) is 0.428. The van der Waals surface area contributed by atoms with E-state index in [4.69, 9.17) is 0 Å². The zero-order chi connectivity index (χ0) is 14.2. The fourth-order valence-electron chi connectivity index (χ4n) is 1.92. The average molecular weight is 286 g/mol. The van der Waals surface area contributed by atoms with Crippen LogP contribution in [0.25, 0.3) is 6.08 Å². The van der Waals surface area contributed by atoms with Crippen LogP contribution in [0.15, 0.2) is 58.4 Å². The summed E-state index contributed by atoms with van der Waals surface area (Å²) < 4.78 is 27.0. The SMILES string of the molecule is O=C1C=c2cc(S(=O)(=O)Nc3ccccc3)ccc2=N1. The summed E-state index contributed by atoms with van der Waals surface area (Å²) in [5, 5.41) is 1.01. The molecular formula is C14H10N2O3S. The van der Waals surface area contributed by atoms with E-state index in [0.717, 1.165) is 0 Å². The van der Waals surface area contributed by atoms with Crippen molar-refractivity contribution in [2.45, 2.75) is 4.90 Å². The number of fused-ring (bicyclic) bond motifs is 1. The molecule has 1 aliphatic heterocycles. The van der Waals surface area contributed by atoms with Crippen LogP contribution in [0.5, 0.6) is 0 Å². The number of para-hydroxylation sites is 1. The van der Waals surface area contributed by atoms with Crippen LogP contribution in [0.1, 0.15) is 0 Å². The summed E-state index contributed by atoms with van der Waals surface area (Å²) in [6.07, 6.45) is 1.32. The maximum absolute atomic E-state index is 12.2. The largest absolute Gasteiger partial charge is 0.280 e. The number of benzene rings is 2. The number of nitrogens with one attached hydrogen (secondary N) is 1. The van der Waals surface area contributed by atoms with Gasteiger partial charge in [0.1, 0.15) is 0 Å². The molecule has 0 saturated carbocycles. The van der Waals surface area contributed by atoms with E-state index >= 15 is 0 Å². The fraction of sp³-hybridized carbons (Fsp3) is 0. The Labute approximate surface area is 115 Å². The molecule has 1 amide bonds. The van der Waals surface area contributed by atoms with Crippen molar-refractivity contribution in [3.63, 3.8) is 0 Å². The van der Waals surface area contributed by atoms with Crippen LogP contribution in [0, 0.1) is 0 Å². The first-order valence-corrected chi connectivity index (χ1v) is 7.35. The molecular weight excluding hydrogens is 276 g/mol. The van der Waals surface area contributed by atoms with Crippen LogP contribution >= 0.6 is 0 Å². The minimum absolute atomic E-state index is 0.0984. The van der Waals surface area contributed by atoms with Crippen LogP contribution < -0.4 is 15.3 Å². The summed E-state index contributed by atoms with van der Waals surface area (Å²) in [4.78, 5) is 15.0. The zero-order valence-corrected chi connectivity index (χ0v) is 11.1. The van der Waals surface area contributed by atoms with E-state index in [-0.39, 0.29) is 10.8 Å².